The number of imidazole rings is 1. The Kier molecular flexibility index (Phi) is 3.25. The van der Waals surface area contributed by atoms with Gasteiger partial charge in [0.2, 0.25) is 0 Å². The first kappa shape index (κ1) is 13.2. The van der Waals surface area contributed by atoms with Gasteiger partial charge in [0.25, 0.3) is 0 Å². The first-order chi connectivity index (χ1) is 8.29. The highest BCUT2D eigenvalue weighted by atomic mass is 35.5. The molecule has 1 N–H and O–H groups in total. The molecule has 2 nitrogen and oxygen atoms in total. The molecule has 1 aromatic carbocycles. The first-order valence-corrected chi connectivity index (χ1v) is 5.73. The molecule has 0 saturated heterocycles. The van der Waals surface area contributed by atoms with Crippen molar-refractivity contribution in [2.75, 3.05) is 0 Å². The van der Waals surface area contributed by atoms with Crippen LogP contribution in [0.1, 0.15) is 11.3 Å². The van der Waals surface area contributed by atoms with Crippen LogP contribution in [0, 0.1) is 11.7 Å². The lowest BCUT2D eigenvalue weighted by Gasteiger charge is -2.13. The third-order valence-electron chi connectivity index (χ3n) is 2.37. The minimum atomic E-state index is -4.49. The molecule has 2 rings (SSSR count). The lowest BCUT2D eigenvalue weighted by atomic mass is 10.1. The molecule has 2 aromatic rings. The van der Waals surface area contributed by atoms with Crippen LogP contribution in [-0.2, 0) is 6.18 Å². The summed E-state index contributed by atoms with van der Waals surface area (Å²) < 4.78 is 40.3. The van der Waals surface area contributed by atoms with Gasteiger partial charge in [0.15, 0.2) is 4.77 Å². The maximum absolute atomic E-state index is 12.9. The second kappa shape index (κ2) is 4.44. The van der Waals surface area contributed by atoms with Crippen molar-refractivity contribution in [3.63, 3.8) is 0 Å². The van der Waals surface area contributed by atoms with Gasteiger partial charge in [-0.25, -0.2) is 0 Å². The van der Waals surface area contributed by atoms with Crippen molar-refractivity contribution in [1.82, 2.24) is 9.55 Å². The number of nitrogens with zero attached hydrogens (tertiary/aromatic N) is 1. The van der Waals surface area contributed by atoms with Crippen molar-refractivity contribution in [2.24, 2.45) is 0 Å². The molecule has 18 heavy (non-hydrogen) atoms. The summed E-state index contributed by atoms with van der Waals surface area (Å²) in [5, 5.41) is 0.0323. The van der Waals surface area contributed by atoms with Crippen molar-refractivity contribution in [1.29, 1.82) is 0 Å². The fourth-order valence-electron chi connectivity index (χ4n) is 1.64. The molecular weight excluding hydrogens is 285 g/mol. The Morgan fingerprint density at radius 3 is 2.50 bits per heavy atom. The molecule has 0 aliphatic heterocycles. The van der Waals surface area contributed by atoms with E-state index in [0.717, 1.165) is 6.07 Å². The predicted molar refractivity (Wildman–Crippen MR) is 65.7 cm³/mol. The maximum Gasteiger partial charge on any atom is 0.418 e. The van der Waals surface area contributed by atoms with Crippen molar-refractivity contribution < 1.29 is 13.2 Å². The number of halogens is 4. The summed E-state index contributed by atoms with van der Waals surface area (Å²) >= 11 is 10.6. The van der Waals surface area contributed by atoms with Crippen LogP contribution in [0.15, 0.2) is 24.4 Å². The van der Waals surface area contributed by atoms with E-state index < -0.39 is 11.7 Å². The predicted octanol–water partition coefficient (Wildman–Crippen LogP) is 4.52. The molecule has 0 spiro atoms. The fraction of sp³-hybridized carbons (Fsp3) is 0.182. The summed E-state index contributed by atoms with van der Waals surface area (Å²) in [5.74, 6) is 0. The van der Waals surface area contributed by atoms with Gasteiger partial charge in [0, 0.05) is 16.9 Å². The molecule has 0 fully saturated rings. The smallest absolute Gasteiger partial charge is 0.335 e. The largest absolute Gasteiger partial charge is 0.418 e. The zero-order valence-electron chi connectivity index (χ0n) is 9.18. The van der Waals surface area contributed by atoms with Gasteiger partial charge in [-0.05, 0) is 37.3 Å². The summed E-state index contributed by atoms with van der Waals surface area (Å²) in [6.45, 7) is 1.72. The average molecular weight is 293 g/mol. The van der Waals surface area contributed by atoms with E-state index in [9.17, 15) is 13.2 Å². The number of hydrogen-bond acceptors (Lipinski definition) is 1. The Hall–Kier alpha value is -1.27. The van der Waals surface area contributed by atoms with Crippen LogP contribution in [0.2, 0.25) is 5.02 Å². The van der Waals surface area contributed by atoms with Gasteiger partial charge in [0.1, 0.15) is 0 Å². The average Bonchev–Trinajstić information content (AvgIpc) is 2.56. The molecule has 0 bridgehead atoms. The minimum Gasteiger partial charge on any atom is -0.335 e. The van der Waals surface area contributed by atoms with E-state index in [-0.39, 0.29) is 15.5 Å². The van der Waals surface area contributed by atoms with E-state index in [1.807, 2.05) is 0 Å². The molecule has 0 unspecified atom stereocenters. The first-order valence-electron chi connectivity index (χ1n) is 4.94. The van der Waals surface area contributed by atoms with Gasteiger partial charge < -0.3 is 4.98 Å². The monoisotopic (exact) mass is 292 g/mol. The standard InChI is InChI=1S/C11H8ClF3N2S/c1-6-5-17(10(18)16-6)9-3-2-7(12)4-8(9)11(13,14)15/h2-5H,1H3,(H,16,18). The molecule has 0 aliphatic rings. The molecule has 7 heteroatoms. The normalized spacial score (nSPS) is 11.8. The van der Waals surface area contributed by atoms with Gasteiger partial charge >= 0.3 is 6.18 Å². The Labute approximate surface area is 111 Å². The number of hydrogen-bond donors (Lipinski definition) is 1. The number of aromatic nitrogens is 2. The van der Waals surface area contributed by atoms with Crippen LogP contribution in [-0.4, -0.2) is 9.55 Å². The quantitative estimate of drug-likeness (QED) is 0.767. The van der Waals surface area contributed by atoms with Gasteiger partial charge in [-0.1, -0.05) is 11.6 Å². The molecule has 0 saturated carbocycles. The van der Waals surface area contributed by atoms with E-state index in [0.29, 0.717) is 5.69 Å². The van der Waals surface area contributed by atoms with E-state index in [1.54, 1.807) is 6.92 Å². The highest BCUT2D eigenvalue weighted by Gasteiger charge is 2.34. The van der Waals surface area contributed by atoms with Crippen molar-refractivity contribution in [2.45, 2.75) is 13.1 Å². The minimum absolute atomic E-state index is 0.0323. The van der Waals surface area contributed by atoms with Crippen LogP contribution >= 0.6 is 23.8 Å². The third-order valence-corrected chi connectivity index (χ3v) is 2.90. The molecule has 0 radical (unpaired) electrons. The molecular formula is C11H8ClF3N2S. The summed E-state index contributed by atoms with van der Waals surface area (Å²) in [4.78, 5) is 2.78. The van der Waals surface area contributed by atoms with E-state index in [2.05, 4.69) is 4.98 Å². The van der Waals surface area contributed by atoms with Crippen LogP contribution in [0.25, 0.3) is 5.69 Å². The maximum atomic E-state index is 12.9. The molecule has 1 heterocycles. The Bertz CT molecular complexity index is 642. The van der Waals surface area contributed by atoms with Gasteiger partial charge in [-0.15, -0.1) is 0 Å². The third kappa shape index (κ3) is 2.44. The molecule has 96 valence electrons. The lowest BCUT2D eigenvalue weighted by molar-refractivity contribution is -0.137. The van der Waals surface area contributed by atoms with Crippen molar-refractivity contribution >= 4 is 23.8 Å². The van der Waals surface area contributed by atoms with E-state index in [4.69, 9.17) is 23.8 Å². The van der Waals surface area contributed by atoms with Crippen molar-refractivity contribution in [3.05, 3.63) is 45.4 Å². The number of H-pyrrole nitrogens is 1. The summed E-state index contributed by atoms with van der Waals surface area (Å²) in [6.07, 6.45) is -2.97. The summed E-state index contributed by atoms with van der Waals surface area (Å²) in [5.41, 5.74) is -0.172. The Balaban J connectivity index is 2.72. The Morgan fingerprint density at radius 1 is 1.33 bits per heavy atom. The number of benzene rings is 1. The highest BCUT2D eigenvalue weighted by molar-refractivity contribution is 7.71. The Morgan fingerprint density at radius 2 is 2.00 bits per heavy atom. The second-order valence-corrected chi connectivity index (χ2v) is 4.59. The van der Waals surface area contributed by atoms with Crippen LogP contribution in [0.3, 0.4) is 0 Å². The fourth-order valence-corrected chi connectivity index (χ4v) is 2.12. The van der Waals surface area contributed by atoms with E-state index in [1.165, 1.54) is 22.9 Å². The second-order valence-electron chi connectivity index (χ2n) is 3.77. The number of nitrogens with one attached hydrogen (secondary N) is 1. The van der Waals surface area contributed by atoms with Crippen LogP contribution in [0.5, 0.6) is 0 Å². The van der Waals surface area contributed by atoms with Crippen molar-refractivity contribution in [3.8, 4) is 5.69 Å². The van der Waals surface area contributed by atoms with Gasteiger partial charge in [0.05, 0.1) is 11.3 Å². The van der Waals surface area contributed by atoms with Crippen LogP contribution in [0.4, 0.5) is 13.2 Å². The number of aryl methyl sites for hydroxylation is 1. The van der Waals surface area contributed by atoms with Crippen LogP contribution < -0.4 is 0 Å². The van der Waals surface area contributed by atoms with Gasteiger partial charge in [-0.2, -0.15) is 13.2 Å². The summed E-state index contributed by atoms with van der Waals surface area (Å²) in [6, 6.07) is 3.59. The SMILES string of the molecule is Cc1cn(-c2ccc(Cl)cc2C(F)(F)F)c(=S)[nH]1. The molecule has 1 aromatic heterocycles. The molecule has 0 amide bonds. The van der Waals surface area contributed by atoms with Gasteiger partial charge in [-0.3, -0.25) is 4.57 Å². The number of rotatable bonds is 1. The molecule has 0 aliphatic carbocycles. The zero-order valence-corrected chi connectivity index (χ0v) is 10.7. The lowest BCUT2D eigenvalue weighted by Crippen LogP contribution is -2.10. The topological polar surface area (TPSA) is 20.7 Å². The highest BCUT2D eigenvalue weighted by Crippen LogP contribution is 2.35. The number of aromatic amines is 1. The van der Waals surface area contributed by atoms with E-state index >= 15 is 0 Å². The zero-order chi connectivity index (χ0) is 13.5. The molecule has 0 atom stereocenters. The number of alkyl halides is 3. The summed E-state index contributed by atoms with van der Waals surface area (Å²) in [7, 11) is 0.